The highest BCUT2D eigenvalue weighted by Gasteiger charge is 2.05. The summed E-state index contributed by atoms with van der Waals surface area (Å²) in [6.45, 7) is 2.09. The lowest BCUT2D eigenvalue weighted by Gasteiger charge is -2.10. The fraction of sp³-hybridized carbons (Fsp3) is 0.154. The van der Waals surface area contributed by atoms with Crippen molar-refractivity contribution in [2.75, 3.05) is 5.32 Å². The maximum absolute atomic E-state index is 8.95. The average Bonchev–Trinajstić information content (AvgIpc) is 2.40. The molecule has 1 N–H and O–H groups in total. The average molecular weight is 224 g/mol. The molecular formula is C13H12N4. The zero-order chi connectivity index (χ0) is 12.1. The molecule has 0 aliphatic rings. The van der Waals surface area contributed by atoms with E-state index in [-0.39, 0.29) is 0 Å². The summed E-state index contributed by atoms with van der Waals surface area (Å²) in [6, 6.07) is 10.0. The molecule has 4 heteroatoms. The Kier molecular flexibility index (Phi) is 3.31. The van der Waals surface area contributed by atoms with E-state index >= 15 is 0 Å². The molecule has 0 unspecified atom stereocenters. The first-order chi connectivity index (χ1) is 8.35. The molecule has 0 atom stereocenters. The zero-order valence-electron chi connectivity index (χ0n) is 9.51. The Morgan fingerprint density at radius 2 is 2.18 bits per heavy atom. The SMILES string of the molecule is CCc1ccccc1Nc1ncncc1C#N. The van der Waals surface area contributed by atoms with E-state index in [0.717, 1.165) is 12.1 Å². The second kappa shape index (κ2) is 5.08. The Morgan fingerprint density at radius 1 is 1.35 bits per heavy atom. The normalized spacial score (nSPS) is 9.65. The van der Waals surface area contributed by atoms with Crippen LogP contribution in [0.3, 0.4) is 0 Å². The number of para-hydroxylation sites is 1. The Hall–Kier alpha value is -2.41. The fourth-order valence-corrected chi connectivity index (χ4v) is 1.59. The molecule has 1 heterocycles. The second-order valence-corrected chi connectivity index (χ2v) is 3.53. The number of nitriles is 1. The van der Waals surface area contributed by atoms with Crippen molar-refractivity contribution in [2.45, 2.75) is 13.3 Å². The summed E-state index contributed by atoms with van der Waals surface area (Å²) in [5, 5.41) is 12.1. The number of hydrogen-bond donors (Lipinski definition) is 1. The number of hydrogen-bond acceptors (Lipinski definition) is 4. The van der Waals surface area contributed by atoms with E-state index in [4.69, 9.17) is 5.26 Å². The zero-order valence-corrected chi connectivity index (χ0v) is 9.51. The maximum atomic E-state index is 8.95. The first-order valence-corrected chi connectivity index (χ1v) is 5.40. The summed E-state index contributed by atoms with van der Waals surface area (Å²) < 4.78 is 0. The number of nitrogens with one attached hydrogen (secondary N) is 1. The number of anilines is 2. The quantitative estimate of drug-likeness (QED) is 0.870. The van der Waals surface area contributed by atoms with Crippen molar-refractivity contribution in [2.24, 2.45) is 0 Å². The van der Waals surface area contributed by atoms with E-state index in [0.29, 0.717) is 11.4 Å². The van der Waals surface area contributed by atoms with E-state index in [2.05, 4.69) is 34.3 Å². The number of aromatic nitrogens is 2. The summed E-state index contributed by atoms with van der Waals surface area (Å²) >= 11 is 0. The van der Waals surface area contributed by atoms with Crippen LogP contribution in [0, 0.1) is 11.3 Å². The van der Waals surface area contributed by atoms with Crippen LogP contribution in [-0.2, 0) is 6.42 Å². The van der Waals surface area contributed by atoms with Crippen LogP contribution in [0.1, 0.15) is 18.1 Å². The van der Waals surface area contributed by atoms with Crippen LogP contribution in [0.5, 0.6) is 0 Å². The highest BCUT2D eigenvalue weighted by Crippen LogP contribution is 2.21. The standard InChI is InChI=1S/C13H12N4/c1-2-10-5-3-4-6-12(10)17-13-11(7-14)8-15-9-16-13/h3-6,8-9H,2H2,1H3,(H,15,16,17). The van der Waals surface area contributed by atoms with Crippen LogP contribution in [-0.4, -0.2) is 9.97 Å². The predicted molar refractivity (Wildman–Crippen MR) is 65.8 cm³/mol. The molecule has 1 aromatic carbocycles. The van der Waals surface area contributed by atoms with Gasteiger partial charge in [0.15, 0.2) is 5.82 Å². The van der Waals surface area contributed by atoms with Gasteiger partial charge in [0.1, 0.15) is 18.0 Å². The molecule has 2 aromatic rings. The first-order valence-electron chi connectivity index (χ1n) is 5.40. The van der Waals surface area contributed by atoms with Gasteiger partial charge in [0.05, 0.1) is 6.20 Å². The summed E-state index contributed by atoms with van der Waals surface area (Å²) in [6.07, 6.45) is 3.86. The van der Waals surface area contributed by atoms with Crippen LogP contribution in [0.2, 0.25) is 0 Å². The molecule has 0 bridgehead atoms. The van der Waals surface area contributed by atoms with Gasteiger partial charge in [-0.15, -0.1) is 0 Å². The van der Waals surface area contributed by atoms with Crippen molar-refractivity contribution in [3.8, 4) is 6.07 Å². The summed E-state index contributed by atoms with van der Waals surface area (Å²) in [5.41, 5.74) is 2.61. The highest BCUT2D eigenvalue weighted by atomic mass is 15.0. The molecule has 0 saturated heterocycles. The molecule has 0 aliphatic carbocycles. The van der Waals surface area contributed by atoms with Crippen molar-refractivity contribution in [1.29, 1.82) is 5.26 Å². The van der Waals surface area contributed by atoms with Gasteiger partial charge in [-0.2, -0.15) is 5.26 Å². The molecule has 0 amide bonds. The van der Waals surface area contributed by atoms with Gasteiger partial charge in [-0.05, 0) is 18.1 Å². The third-order valence-corrected chi connectivity index (χ3v) is 2.48. The van der Waals surface area contributed by atoms with E-state index in [1.807, 2.05) is 18.2 Å². The second-order valence-electron chi connectivity index (χ2n) is 3.53. The summed E-state index contributed by atoms with van der Waals surface area (Å²) in [7, 11) is 0. The van der Waals surface area contributed by atoms with Crippen molar-refractivity contribution in [3.63, 3.8) is 0 Å². The Labute approximate surface area is 100.0 Å². The van der Waals surface area contributed by atoms with Crippen LogP contribution in [0.25, 0.3) is 0 Å². The highest BCUT2D eigenvalue weighted by molar-refractivity contribution is 5.64. The first kappa shape index (κ1) is 11.1. The molecule has 4 nitrogen and oxygen atoms in total. The monoisotopic (exact) mass is 224 g/mol. The van der Waals surface area contributed by atoms with E-state index in [1.54, 1.807) is 0 Å². The third-order valence-electron chi connectivity index (χ3n) is 2.48. The Bertz CT molecular complexity index is 557. The van der Waals surface area contributed by atoms with Gasteiger partial charge in [-0.1, -0.05) is 25.1 Å². The number of benzene rings is 1. The lowest BCUT2D eigenvalue weighted by molar-refractivity contribution is 1.12. The van der Waals surface area contributed by atoms with Crippen molar-refractivity contribution in [1.82, 2.24) is 9.97 Å². The van der Waals surface area contributed by atoms with Gasteiger partial charge in [0, 0.05) is 5.69 Å². The third kappa shape index (κ3) is 2.40. The lowest BCUT2D eigenvalue weighted by Crippen LogP contribution is -2.00. The molecular weight excluding hydrogens is 212 g/mol. The van der Waals surface area contributed by atoms with Gasteiger partial charge < -0.3 is 5.32 Å². The molecule has 84 valence electrons. The van der Waals surface area contributed by atoms with Crippen molar-refractivity contribution < 1.29 is 0 Å². The summed E-state index contributed by atoms with van der Waals surface area (Å²) in [4.78, 5) is 7.90. The van der Waals surface area contributed by atoms with E-state index < -0.39 is 0 Å². The van der Waals surface area contributed by atoms with E-state index in [9.17, 15) is 0 Å². The number of rotatable bonds is 3. The minimum Gasteiger partial charge on any atom is -0.339 e. The predicted octanol–water partition coefficient (Wildman–Crippen LogP) is 2.65. The van der Waals surface area contributed by atoms with Crippen molar-refractivity contribution in [3.05, 3.63) is 47.9 Å². The van der Waals surface area contributed by atoms with Gasteiger partial charge >= 0.3 is 0 Å². The number of aryl methyl sites for hydroxylation is 1. The molecule has 0 spiro atoms. The topological polar surface area (TPSA) is 61.6 Å². The number of nitrogens with zero attached hydrogens (tertiary/aromatic N) is 3. The molecule has 0 fully saturated rings. The van der Waals surface area contributed by atoms with Gasteiger partial charge in [-0.3, -0.25) is 0 Å². The minimum atomic E-state index is 0.443. The van der Waals surface area contributed by atoms with Crippen LogP contribution >= 0.6 is 0 Å². The molecule has 2 rings (SSSR count). The van der Waals surface area contributed by atoms with Gasteiger partial charge in [0.25, 0.3) is 0 Å². The Balaban J connectivity index is 2.35. The summed E-state index contributed by atoms with van der Waals surface area (Å²) in [5.74, 6) is 0.545. The molecule has 0 saturated carbocycles. The van der Waals surface area contributed by atoms with Crippen LogP contribution in [0.4, 0.5) is 11.5 Å². The largest absolute Gasteiger partial charge is 0.339 e. The fourth-order valence-electron chi connectivity index (χ4n) is 1.59. The van der Waals surface area contributed by atoms with Crippen LogP contribution in [0.15, 0.2) is 36.8 Å². The van der Waals surface area contributed by atoms with Gasteiger partial charge in [0.2, 0.25) is 0 Å². The molecule has 17 heavy (non-hydrogen) atoms. The molecule has 1 aromatic heterocycles. The smallest absolute Gasteiger partial charge is 0.151 e. The molecule has 0 aliphatic heterocycles. The Morgan fingerprint density at radius 3 is 2.94 bits per heavy atom. The van der Waals surface area contributed by atoms with Gasteiger partial charge in [-0.25, -0.2) is 9.97 Å². The van der Waals surface area contributed by atoms with Crippen LogP contribution < -0.4 is 5.32 Å². The maximum Gasteiger partial charge on any atom is 0.151 e. The van der Waals surface area contributed by atoms with E-state index in [1.165, 1.54) is 18.1 Å². The van der Waals surface area contributed by atoms with Crippen molar-refractivity contribution >= 4 is 11.5 Å². The molecule has 0 radical (unpaired) electrons. The minimum absolute atomic E-state index is 0.443. The lowest BCUT2D eigenvalue weighted by atomic mass is 10.1.